The van der Waals surface area contributed by atoms with Crippen LogP contribution < -0.4 is 4.90 Å². The van der Waals surface area contributed by atoms with Gasteiger partial charge in [0.15, 0.2) is 12.2 Å². The fraction of sp³-hybridized carbons (Fsp3) is 0.368. The number of hydrogen-bond acceptors (Lipinski definition) is 6. The average Bonchev–Trinajstić information content (AvgIpc) is 3.14. The maximum Gasteiger partial charge on any atom is 0.328 e. The summed E-state index contributed by atoms with van der Waals surface area (Å²) in [6, 6.07) is 4.71. The second-order valence-electron chi connectivity index (χ2n) is 7.16. The number of anilines is 1. The molecule has 9 heteroatoms. The van der Waals surface area contributed by atoms with Gasteiger partial charge in [-0.25, -0.2) is 14.2 Å². The number of aliphatic imine (C=N–C) groups is 1. The lowest BCUT2D eigenvalue weighted by Gasteiger charge is -2.40. The van der Waals surface area contributed by atoms with Crippen molar-refractivity contribution in [2.24, 2.45) is 4.99 Å². The molecule has 4 rings (SSSR count). The number of imide groups is 1. The van der Waals surface area contributed by atoms with E-state index in [0.717, 1.165) is 16.3 Å². The van der Waals surface area contributed by atoms with Crippen molar-refractivity contribution in [2.75, 3.05) is 18.5 Å². The van der Waals surface area contributed by atoms with Crippen LogP contribution in [-0.2, 0) is 9.59 Å². The molecule has 8 nitrogen and oxygen atoms in total. The van der Waals surface area contributed by atoms with Gasteiger partial charge in [-0.15, -0.1) is 0 Å². The lowest BCUT2D eigenvalue weighted by molar-refractivity contribution is -0.139. The SMILES string of the molecule is CC(=O)CN1C(=O)C2C(N=C3N(c4ccc(F)cc4)C(C)=C(C)N32)N(C)C1=O. The Morgan fingerprint density at radius 1 is 1.14 bits per heavy atom. The molecule has 0 N–H and O–H groups in total. The van der Waals surface area contributed by atoms with Crippen molar-refractivity contribution >= 4 is 29.4 Å². The molecule has 3 aliphatic rings. The number of guanidine groups is 1. The van der Waals surface area contributed by atoms with Crippen LogP contribution >= 0.6 is 0 Å². The van der Waals surface area contributed by atoms with E-state index in [1.165, 1.54) is 24.0 Å². The Morgan fingerprint density at radius 2 is 1.79 bits per heavy atom. The van der Waals surface area contributed by atoms with Crippen molar-refractivity contribution in [1.82, 2.24) is 14.7 Å². The third-order valence-electron chi connectivity index (χ3n) is 5.36. The van der Waals surface area contributed by atoms with E-state index in [4.69, 9.17) is 0 Å². The van der Waals surface area contributed by atoms with Crippen LogP contribution in [0.5, 0.6) is 0 Å². The molecule has 1 aromatic rings. The number of fused-ring (bicyclic) bond motifs is 3. The van der Waals surface area contributed by atoms with Gasteiger partial charge < -0.3 is 4.90 Å². The number of amides is 3. The third-order valence-corrected chi connectivity index (χ3v) is 5.36. The van der Waals surface area contributed by atoms with Gasteiger partial charge in [-0.2, -0.15) is 0 Å². The number of carbonyl (C=O) groups is 3. The Morgan fingerprint density at radius 3 is 2.39 bits per heavy atom. The highest BCUT2D eigenvalue weighted by Crippen LogP contribution is 2.39. The molecular formula is C19H20FN5O3. The maximum absolute atomic E-state index is 13.4. The summed E-state index contributed by atoms with van der Waals surface area (Å²) in [7, 11) is 1.57. The fourth-order valence-electron chi connectivity index (χ4n) is 3.88. The molecule has 0 spiro atoms. The zero-order valence-electron chi connectivity index (χ0n) is 16.0. The predicted octanol–water partition coefficient (Wildman–Crippen LogP) is 1.75. The van der Waals surface area contributed by atoms with Crippen molar-refractivity contribution in [3.63, 3.8) is 0 Å². The minimum absolute atomic E-state index is 0.266. The summed E-state index contributed by atoms with van der Waals surface area (Å²) in [5.74, 6) is -0.560. The maximum atomic E-state index is 13.4. The van der Waals surface area contributed by atoms with Gasteiger partial charge in [0.1, 0.15) is 11.6 Å². The summed E-state index contributed by atoms with van der Waals surface area (Å²) in [5.41, 5.74) is 2.38. The summed E-state index contributed by atoms with van der Waals surface area (Å²) in [5, 5.41) is 0. The summed E-state index contributed by atoms with van der Waals surface area (Å²) in [6.07, 6.45) is -0.691. The number of hydrogen-bond donors (Lipinski definition) is 0. The lowest BCUT2D eigenvalue weighted by atomic mass is 10.1. The number of benzene rings is 1. The van der Waals surface area contributed by atoms with E-state index in [1.54, 1.807) is 24.1 Å². The first-order chi connectivity index (χ1) is 13.2. The highest BCUT2D eigenvalue weighted by atomic mass is 19.1. The summed E-state index contributed by atoms with van der Waals surface area (Å²) < 4.78 is 13.4. The average molecular weight is 385 g/mol. The van der Waals surface area contributed by atoms with Gasteiger partial charge in [-0.05, 0) is 45.0 Å². The lowest BCUT2D eigenvalue weighted by Crippen LogP contribution is -2.65. The van der Waals surface area contributed by atoms with Crippen LogP contribution in [-0.4, -0.2) is 64.2 Å². The van der Waals surface area contributed by atoms with Crippen molar-refractivity contribution in [1.29, 1.82) is 0 Å². The topological polar surface area (TPSA) is 76.5 Å². The van der Waals surface area contributed by atoms with Crippen LogP contribution in [0, 0.1) is 5.82 Å². The number of allylic oxidation sites excluding steroid dienone is 2. The van der Waals surface area contributed by atoms with E-state index < -0.39 is 24.1 Å². The van der Waals surface area contributed by atoms with E-state index in [1.807, 2.05) is 18.7 Å². The summed E-state index contributed by atoms with van der Waals surface area (Å²) >= 11 is 0. The second-order valence-corrected chi connectivity index (χ2v) is 7.16. The van der Waals surface area contributed by atoms with Gasteiger partial charge in [0.2, 0.25) is 5.96 Å². The van der Waals surface area contributed by atoms with E-state index in [2.05, 4.69) is 4.99 Å². The molecule has 0 saturated carbocycles. The quantitative estimate of drug-likeness (QED) is 0.792. The monoisotopic (exact) mass is 385 g/mol. The van der Waals surface area contributed by atoms with Gasteiger partial charge in [-0.3, -0.25) is 24.3 Å². The minimum Gasteiger partial charge on any atom is -0.302 e. The van der Waals surface area contributed by atoms with Gasteiger partial charge in [0.05, 0.1) is 6.54 Å². The first-order valence-electron chi connectivity index (χ1n) is 8.90. The zero-order chi connectivity index (χ0) is 20.3. The van der Waals surface area contributed by atoms with E-state index in [9.17, 15) is 18.8 Å². The number of ketones is 1. The number of likely N-dealkylation sites (N-methyl/N-ethyl adjacent to an activating group) is 1. The van der Waals surface area contributed by atoms with Crippen LogP contribution in [0.3, 0.4) is 0 Å². The van der Waals surface area contributed by atoms with E-state index in [0.29, 0.717) is 11.6 Å². The molecule has 1 aromatic carbocycles. The molecule has 3 aliphatic heterocycles. The summed E-state index contributed by atoms with van der Waals surface area (Å²) in [4.78, 5) is 47.9. The molecule has 1 saturated heterocycles. The molecule has 2 atom stereocenters. The van der Waals surface area contributed by atoms with E-state index >= 15 is 0 Å². The number of urea groups is 1. The molecule has 28 heavy (non-hydrogen) atoms. The van der Waals surface area contributed by atoms with Crippen LogP contribution in [0.4, 0.5) is 14.9 Å². The number of Topliss-reactive ketones (excluding diaryl/α,β-unsaturated/α-hetero) is 1. The predicted molar refractivity (Wildman–Crippen MR) is 99.7 cm³/mol. The Bertz CT molecular complexity index is 955. The van der Waals surface area contributed by atoms with Crippen LogP contribution in [0.25, 0.3) is 0 Å². The fourth-order valence-corrected chi connectivity index (χ4v) is 3.88. The Balaban J connectivity index is 1.76. The van der Waals surface area contributed by atoms with Crippen molar-refractivity contribution in [2.45, 2.75) is 33.0 Å². The normalized spacial score (nSPS) is 24.1. The van der Waals surface area contributed by atoms with Crippen molar-refractivity contribution < 1.29 is 18.8 Å². The van der Waals surface area contributed by atoms with Crippen LogP contribution in [0.1, 0.15) is 20.8 Å². The number of halogens is 1. The molecule has 0 aromatic heterocycles. The molecule has 146 valence electrons. The molecule has 3 amide bonds. The van der Waals surface area contributed by atoms with Crippen molar-refractivity contribution in [3.8, 4) is 0 Å². The first-order valence-corrected chi connectivity index (χ1v) is 8.90. The molecule has 0 bridgehead atoms. The molecule has 0 aliphatic carbocycles. The third kappa shape index (κ3) is 2.42. The Kier molecular flexibility index (Phi) is 3.99. The highest BCUT2D eigenvalue weighted by Gasteiger charge is 2.56. The standard InChI is InChI=1S/C19H20FN5O3/c1-10(26)9-23-17(27)15-16(22(4)19(23)28)21-18-24(11(2)12(3)25(15)18)14-7-5-13(20)6-8-14/h5-8,15-16H,9H2,1-4H3. The van der Waals surface area contributed by atoms with Gasteiger partial charge in [0.25, 0.3) is 5.91 Å². The molecule has 0 radical (unpaired) electrons. The van der Waals surface area contributed by atoms with Gasteiger partial charge in [0, 0.05) is 24.1 Å². The van der Waals surface area contributed by atoms with Crippen LogP contribution in [0.2, 0.25) is 0 Å². The minimum atomic E-state index is -0.738. The molecular weight excluding hydrogens is 365 g/mol. The number of carbonyl (C=O) groups excluding carboxylic acids is 3. The largest absolute Gasteiger partial charge is 0.328 e. The number of rotatable bonds is 3. The molecule has 3 heterocycles. The van der Waals surface area contributed by atoms with Crippen LogP contribution in [0.15, 0.2) is 40.7 Å². The molecule has 2 unspecified atom stereocenters. The highest BCUT2D eigenvalue weighted by molar-refractivity contribution is 6.11. The Hall–Kier alpha value is -3.23. The molecule has 1 fully saturated rings. The summed E-state index contributed by atoms with van der Waals surface area (Å²) in [6.45, 7) is 4.84. The van der Waals surface area contributed by atoms with Crippen molar-refractivity contribution in [3.05, 3.63) is 41.5 Å². The number of nitrogens with zero attached hydrogens (tertiary/aromatic N) is 5. The second kappa shape index (κ2) is 6.15. The van der Waals surface area contributed by atoms with E-state index in [-0.39, 0.29) is 18.1 Å². The smallest absolute Gasteiger partial charge is 0.302 e. The van der Waals surface area contributed by atoms with Gasteiger partial charge in [-0.1, -0.05) is 0 Å². The van der Waals surface area contributed by atoms with Gasteiger partial charge >= 0.3 is 6.03 Å². The first kappa shape index (κ1) is 18.1. The Labute approximate surface area is 161 Å². The zero-order valence-corrected chi connectivity index (χ0v) is 16.0.